The molecule has 3 aromatic heterocycles. The summed E-state index contributed by atoms with van der Waals surface area (Å²) in [5.41, 5.74) is 1.38. The molecule has 122 valence electrons. The van der Waals surface area contributed by atoms with Gasteiger partial charge in [-0.2, -0.15) is 0 Å². The molecule has 1 fully saturated rings. The second-order valence-corrected chi connectivity index (χ2v) is 5.95. The maximum absolute atomic E-state index is 12.9. The summed E-state index contributed by atoms with van der Waals surface area (Å²) in [6.07, 6.45) is 3.97. The molecule has 0 amide bonds. The predicted octanol–water partition coefficient (Wildman–Crippen LogP) is 1.44. The first kappa shape index (κ1) is 15.2. The number of hydrogen-bond donors (Lipinski definition) is 1. The smallest absolute Gasteiger partial charge is 0.261 e. The van der Waals surface area contributed by atoms with Crippen molar-refractivity contribution in [2.45, 2.75) is 12.1 Å². The molecule has 0 spiro atoms. The van der Waals surface area contributed by atoms with Gasteiger partial charge in [-0.25, -0.2) is 9.97 Å². The van der Waals surface area contributed by atoms with E-state index in [-0.39, 0.29) is 23.9 Å². The molecule has 7 nitrogen and oxygen atoms in total. The largest absolute Gasteiger partial charge is 0.388 e. The fraction of sp³-hybridized carbons (Fsp3) is 0.250. The number of ether oxygens (including phenoxy) is 1. The lowest BCUT2D eigenvalue weighted by Gasteiger charge is -2.16. The number of aliphatic hydroxyl groups excluding tert-OH is 1. The Morgan fingerprint density at radius 3 is 2.96 bits per heavy atom. The number of halogens is 1. The Hall–Kier alpha value is -2.35. The summed E-state index contributed by atoms with van der Waals surface area (Å²) in [4.78, 5) is 25.6. The zero-order valence-corrected chi connectivity index (χ0v) is 13.2. The molecule has 0 radical (unpaired) electrons. The molecule has 2 unspecified atom stereocenters. The van der Waals surface area contributed by atoms with Gasteiger partial charge in [0, 0.05) is 18.0 Å². The predicted molar refractivity (Wildman–Crippen MR) is 87.9 cm³/mol. The minimum absolute atomic E-state index is 0.196. The number of pyridine rings is 2. The summed E-state index contributed by atoms with van der Waals surface area (Å²) >= 11 is 6.10. The molecule has 0 bridgehead atoms. The van der Waals surface area contributed by atoms with Crippen LogP contribution in [0.15, 0.2) is 41.7 Å². The average Bonchev–Trinajstić information content (AvgIpc) is 3.02. The van der Waals surface area contributed by atoms with E-state index >= 15 is 0 Å². The molecule has 0 aromatic carbocycles. The molecular formula is C16H13ClN4O3. The molecule has 0 saturated carbocycles. The molecule has 24 heavy (non-hydrogen) atoms. The van der Waals surface area contributed by atoms with Crippen molar-refractivity contribution in [2.75, 3.05) is 13.2 Å². The Kier molecular flexibility index (Phi) is 3.76. The Labute approximate surface area is 141 Å². The van der Waals surface area contributed by atoms with E-state index in [9.17, 15) is 9.90 Å². The van der Waals surface area contributed by atoms with Crippen molar-refractivity contribution in [1.82, 2.24) is 19.5 Å². The van der Waals surface area contributed by atoms with Gasteiger partial charge in [-0.1, -0.05) is 11.6 Å². The van der Waals surface area contributed by atoms with Gasteiger partial charge in [0.15, 0.2) is 0 Å². The SMILES string of the molecule is O=c1c2cc(Cl)nc(-c3cccnc3)c2ncn1C1COCC1O. The molecule has 2 atom stereocenters. The lowest BCUT2D eigenvalue weighted by atomic mass is 10.1. The summed E-state index contributed by atoms with van der Waals surface area (Å²) in [7, 11) is 0. The lowest BCUT2D eigenvalue weighted by Crippen LogP contribution is -2.31. The van der Waals surface area contributed by atoms with Crippen LogP contribution in [0, 0.1) is 0 Å². The number of nitrogens with zero attached hydrogens (tertiary/aromatic N) is 4. The van der Waals surface area contributed by atoms with E-state index < -0.39 is 12.1 Å². The minimum Gasteiger partial charge on any atom is -0.388 e. The first-order valence-electron chi connectivity index (χ1n) is 7.39. The van der Waals surface area contributed by atoms with Crippen LogP contribution in [0.4, 0.5) is 0 Å². The number of rotatable bonds is 2. The molecular weight excluding hydrogens is 332 g/mol. The Bertz CT molecular complexity index is 961. The van der Waals surface area contributed by atoms with Gasteiger partial charge in [0.2, 0.25) is 0 Å². The van der Waals surface area contributed by atoms with Crippen molar-refractivity contribution >= 4 is 22.5 Å². The maximum atomic E-state index is 12.9. The Morgan fingerprint density at radius 1 is 1.38 bits per heavy atom. The van der Waals surface area contributed by atoms with E-state index in [0.29, 0.717) is 16.6 Å². The summed E-state index contributed by atoms with van der Waals surface area (Å²) in [6.45, 7) is 0.468. The summed E-state index contributed by atoms with van der Waals surface area (Å²) in [5, 5.41) is 10.5. The van der Waals surface area contributed by atoms with Gasteiger partial charge in [-0.15, -0.1) is 0 Å². The number of aromatic nitrogens is 4. The van der Waals surface area contributed by atoms with Crippen LogP contribution in [-0.4, -0.2) is 43.9 Å². The number of fused-ring (bicyclic) bond motifs is 1. The van der Waals surface area contributed by atoms with Crippen LogP contribution in [0.3, 0.4) is 0 Å². The van der Waals surface area contributed by atoms with Gasteiger partial charge >= 0.3 is 0 Å². The van der Waals surface area contributed by atoms with E-state index in [1.807, 2.05) is 6.07 Å². The van der Waals surface area contributed by atoms with E-state index in [2.05, 4.69) is 15.0 Å². The molecule has 3 aromatic rings. The van der Waals surface area contributed by atoms with Gasteiger partial charge in [-0.05, 0) is 18.2 Å². The molecule has 4 heterocycles. The molecule has 1 aliphatic heterocycles. The van der Waals surface area contributed by atoms with Gasteiger partial charge in [0.1, 0.15) is 22.5 Å². The highest BCUT2D eigenvalue weighted by Crippen LogP contribution is 2.26. The van der Waals surface area contributed by atoms with Crippen molar-refractivity contribution in [2.24, 2.45) is 0 Å². The topological polar surface area (TPSA) is 90.1 Å². The van der Waals surface area contributed by atoms with Crippen molar-refractivity contribution in [3.05, 3.63) is 52.4 Å². The molecule has 0 aliphatic carbocycles. The minimum atomic E-state index is -0.739. The summed E-state index contributed by atoms with van der Waals surface area (Å²) < 4.78 is 6.62. The van der Waals surface area contributed by atoms with Crippen LogP contribution in [0.1, 0.15) is 6.04 Å². The Morgan fingerprint density at radius 2 is 2.25 bits per heavy atom. The zero-order valence-electron chi connectivity index (χ0n) is 12.5. The van der Waals surface area contributed by atoms with Gasteiger partial charge < -0.3 is 9.84 Å². The van der Waals surface area contributed by atoms with E-state index in [4.69, 9.17) is 16.3 Å². The van der Waals surface area contributed by atoms with Crippen LogP contribution in [0.25, 0.3) is 22.2 Å². The second-order valence-electron chi connectivity index (χ2n) is 5.56. The van der Waals surface area contributed by atoms with Crippen LogP contribution in [0.2, 0.25) is 5.15 Å². The molecule has 8 heteroatoms. The summed E-state index contributed by atoms with van der Waals surface area (Å²) in [6, 6.07) is 4.64. The molecule has 4 rings (SSSR count). The first-order chi connectivity index (χ1) is 11.6. The first-order valence-corrected chi connectivity index (χ1v) is 7.76. The highest BCUT2D eigenvalue weighted by molar-refractivity contribution is 6.30. The van der Waals surface area contributed by atoms with Crippen molar-refractivity contribution in [1.29, 1.82) is 0 Å². The van der Waals surface area contributed by atoms with Gasteiger partial charge in [-0.3, -0.25) is 14.3 Å². The van der Waals surface area contributed by atoms with Gasteiger partial charge in [0.05, 0.1) is 31.0 Å². The Balaban J connectivity index is 1.95. The van der Waals surface area contributed by atoms with Crippen molar-refractivity contribution < 1.29 is 9.84 Å². The number of hydrogen-bond acceptors (Lipinski definition) is 6. The fourth-order valence-electron chi connectivity index (χ4n) is 2.85. The van der Waals surface area contributed by atoms with Crippen LogP contribution in [0.5, 0.6) is 0 Å². The highest BCUT2D eigenvalue weighted by atomic mass is 35.5. The maximum Gasteiger partial charge on any atom is 0.261 e. The molecule has 1 N–H and O–H groups in total. The third-order valence-corrected chi connectivity index (χ3v) is 4.24. The highest BCUT2D eigenvalue weighted by Gasteiger charge is 2.29. The van der Waals surface area contributed by atoms with E-state index in [1.54, 1.807) is 18.5 Å². The van der Waals surface area contributed by atoms with Crippen LogP contribution < -0.4 is 5.56 Å². The number of aliphatic hydroxyl groups is 1. The lowest BCUT2D eigenvalue weighted by molar-refractivity contribution is 0.119. The quantitative estimate of drug-likeness (QED) is 0.707. The normalized spacial score (nSPS) is 20.6. The third kappa shape index (κ3) is 2.47. The molecule has 1 aliphatic rings. The van der Waals surface area contributed by atoms with Crippen molar-refractivity contribution in [3.8, 4) is 11.3 Å². The van der Waals surface area contributed by atoms with E-state index in [1.165, 1.54) is 17.0 Å². The third-order valence-electron chi connectivity index (χ3n) is 4.05. The molecule has 1 saturated heterocycles. The van der Waals surface area contributed by atoms with Crippen LogP contribution in [-0.2, 0) is 4.74 Å². The van der Waals surface area contributed by atoms with Crippen molar-refractivity contribution in [3.63, 3.8) is 0 Å². The second kappa shape index (κ2) is 5.94. The average molecular weight is 345 g/mol. The van der Waals surface area contributed by atoms with E-state index in [0.717, 1.165) is 5.56 Å². The van der Waals surface area contributed by atoms with Gasteiger partial charge in [0.25, 0.3) is 5.56 Å². The fourth-order valence-corrected chi connectivity index (χ4v) is 3.04. The monoisotopic (exact) mass is 344 g/mol. The standard InChI is InChI=1S/C16H13ClN4O3/c17-13-4-10-15(14(20-13)9-2-1-3-18-5-9)19-8-21(16(10)23)11-6-24-7-12(11)22/h1-5,8,11-12,22H,6-7H2. The summed E-state index contributed by atoms with van der Waals surface area (Å²) in [5.74, 6) is 0. The zero-order chi connectivity index (χ0) is 16.7. The van der Waals surface area contributed by atoms with Crippen LogP contribution >= 0.6 is 11.6 Å².